The lowest BCUT2D eigenvalue weighted by Crippen LogP contribution is -2.02. The van der Waals surface area contributed by atoms with E-state index >= 15 is 0 Å². The van der Waals surface area contributed by atoms with Crippen molar-refractivity contribution in [3.63, 3.8) is 0 Å². The van der Waals surface area contributed by atoms with Gasteiger partial charge in [-0.15, -0.1) is 0 Å². The molecule has 0 aliphatic heterocycles. The first kappa shape index (κ1) is 29.3. The molecule has 9 aromatic rings. The normalized spacial score (nSPS) is 11.2. The van der Waals surface area contributed by atoms with E-state index in [9.17, 15) is 0 Å². The maximum atomic E-state index is 5.30. The molecule has 0 aliphatic rings. The zero-order chi connectivity index (χ0) is 33.3. The third-order valence-electron chi connectivity index (χ3n) is 8.94. The van der Waals surface area contributed by atoms with Crippen LogP contribution >= 0.6 is 0 Å². The van der Waals surface area contributed by atoms with Crippen LogP contribution in [-0.4, -0.2) is 24.9 Å². The van der Waals surface area contributed by atoms with Crippen LogP contribution in [0.5, 0.6) is 0 Å². The summed E-state index contributed by atoms with van der Waals surface area (Å²) in [5.74, 6) is 1.67. The second-order valence-electron chi connectivity index (χ2n) is 12.1. The van der Waals surface area contributed by atoms with Crippen LogP contribution in [0.4, 0.5) is 0 Å². The summed E-state index contributed by atoms with van der Waals surface area (Å²) >= 11 is 0. The van der Waals surface area contributed by atoms with Gasteiger partial charge in [0.2, 0.25) is 0 Å². The van der Waals surface area contributed by atoms with Crippen molar-refractivity contribution in [3.05, 3.63) is 176 Å². The fraction of sp³-hybridized carbons (Fsp3) is 0. The SMILES string of the molecule is c1ccc(-c2ccc(-c3nc(-c4ccccc4)nc(-c4cc(-c5ccccc5)c5ccc6ccc(-c7ccccc7)nc6c5n4)n3)cc2)cc1. The molecule has 0 saturated carbocycles. The zero-order valence-electron chi connectivity index (χ0n) is 27.0. The molecule has 0 aliphatic carbocycles. The van der Waals surface area contributed by atoms with Gasteiger partial charge >= 0.3 is 0 Å². The average Bonchev–Trinajstić information content (AvgIpc) is 3.21. The first-order valence-corrected chi connectivity index (χ1v) is 16.6. The van der Waals surface area contributed by atoms with Gasteiger partial charge in [0.25, 0.3) is 0 Å². The Morgan fingerprint density at radius 2 is 0.740 bits per heavy atom. The molecule has 0 spiro atoms. The lowest BCUT2D eigenvalue weighted by molar-refractivity contribution is 1.06. The molecule has 6 aromatic carbocycles. The highest BCUT2D eigenvalue weighted by Crippen LogP contribution is 2.36. The smallest absolute Gasteiger partial charge is 0.182 e. The highest BCUT2D eigenvalue weighted by molar-refractivity contribution is 6.09. The van der Waals surface area contributed by atoms with Crippen LogP contribution in [0.25, 0.3) is 89.6 Å². The molecule has 234 valence electrons. The highest BCUT2D eigenvalue weighted by atomic mass is 15.0. The van der Waals surface area contributed by atoms with Gasteiger partial charge in [-0.1, -0.05) is 164 Å². The minimum atomic E-state index is 0.497. The van der Waals surface area contributed by atoms with Crippen molar-refractivity contribution in [3.8, 4) is 67.8 Å². The second-order valence-corrected chi connectivity index (χ2v) is 12.1. The monoisotopic (exact) mass is 639 g/mol. The van der Waals surface area contributed by atoms with Gasteiger partial charge in [0.05, 0.1) is 16.7 Å². The van der Waals surface area contributed by atoms with Crippen LogP contribution < -0.4 is 0 Å². The predicted molar refractivity (Wildman–Crippen MR) is 203 cm³/mol. The van der Waals surface area contributed by atoms with Crippen LogP contribution in [-0.2, 0) is 0 Å². The number of aromatic nitrogens is 5. The molecule has 5 heteroatoms. The Labute approximate surface area is 289 Å². The summed E-state index contributed by atoms with van der Waals surface area (Å²) in [6, 6.07) is 59.9. The number of nitrogens with zero attached hydrogens (tertiary/aromatic N) is 5. The quantitative estimate of drug-likeness (QED) is 0.169. The van der Waals surface area contributed by atoms with Crippen molar-refractivity contribution in [2.75, 3.05) is 0 Å². The molecule has 0 bridgehead atoms. The maximum absolute atomic E-state index is 5.30. The maximum Gasteiger partial charge on any atom is 0.182 e. The Morgan fingerprint density at radius 3 is 1.38 bits per heavy atom. The number of rotatable bonds is 6. The summed E-state index contributed by atoms with van der Waals surface area (Å²) in [5.41, 5.74) is 10.4. The molecule has 50 heavy (non-hydrogen) atoms. The first-order valence-electron chi connectivity index (χ1n) is 16.6. The number of hydrogen-bond donors (Lipinski definition) is 0. The van der Waals surface area contributed by atoms with Crippen LogP contribution in [0.15, 0.2) is 176 Å². The van der Waals surface area contributed by atoms with E-state index in [-0.39, 0.29) is 0 Å². The van der Waals surface area contributed by atoms with Gasteiger partial charge in [-0.2, -0.15) is 0 Å². The number of benzene rings is 6. The Bertz CT molecular complexity index is 2610. The fourth-order valence-corrected chi connectivity index (χ4v) is 6.39. The molecule has 0 fully saturated rings. The Hall–Kier alpha value is -6.85. The van der Waals surface area contributed by atoms with Crippen LogP contribution in [0, 0.1) is 0 Å². The third-order valence-corrected chi connectivity index (χ3v) is 8.94. The number of pyridine rings is 2. The summed E-state index contributed by atoms with van der Waals surface area (Å²) < 4.78 is 0. The summed E-state index contributed by atoms with van der Waals surface area (Å²) in [6.45, 7) is 0. The van der Waals surface area contributed by atoms with Crippen LogP contribution in [0.2, 0.25) is 0 Å². The van der Waals surface area contributed by atoms with Gasteiger partial charge in [-0.3, -0.25) is 0 Å². The molecule has 0 radical (unpaired) electrons. The van der Waals surface area contributed by atoms with E-state index in [1.165, 1.54) is 0 Å². The molecule has 0 atom stereocenters. The van der Waals surface area contributed by atoms with Gasteiger partial charge in [-0.25, -0.2) is 24.9 Å². The third kappa shape index (κ3) is 5.57. The molecule has 3 aromatic heterocycles. The molecule has 0 amide bonds. The topological polar surface area (TPSA) is 64.5 Å². The van der Waals surface area contributed by atoms with Crippen molar-refractivity contribution in [1.82, 2.24) is 24.9 Å². The molecule has 0 N–H and O–H groups in total. The van der Waals surface area contributed by atoms with E-state index in [2.05, 4.69) is 115 Å². The van der Waals surface area contributed by atoms with Crippen LogP contribution in [0.3, 0.4) is 0 Å². The molecule has 0 saturated heterocycles. The summed E-state index contributed by atoms with van der Waals surface area (Å²) in [6.07, 6.45) is 0. The predicted octanol–water partition coefficient (Wildman–Crippen LogP) is 11.0. The fourth-order valence-electron chi connectivity index (χ4n) is 6.39. The van der Waals surface area contributed by atoms with Gasteiger partial charge in [-0.05, 0) is 34.4 Å². The lowest BCUT2D eigenvalue weighted by Gasteiger charge is -2.13. The first-order chi connectivity index (χ1) is 24.8. The summed E-state index contributed by atoms with van der Waals surface area (Å²) in [4.78, 5) is 25.6. The van der Waals surface area contributed by atoms with E-state index < -0.39 is 0 Å². The molecule has 0 unspecified atom stereocenters. The average molecular weight is 640 g/mol. The standard InChI is InChI=1S/C45H29N5/c1-5-13-30(14-6-1)31-21-23-36(24-22-31)44-48-43(35-19-11-4-12-20-35)49-45(50-44)40-29-38(32-15-7-2-8-16-32)37-27-25-34-26-28-39(33-17-9-3-10-18-33)46-41(34)42(37)47-40/h1-29H. The number of fused-ring (bicyclic) bond motifs is 3. The van der Waals surface area contributed by atoms with Crippen molar-refractivity contribution in [2.45, 2.75) is 0 Å². The van der Waals surface area contributed by atoms with Gasteiger partial charge in [0.1, 0.15) is 5.69 Å². The molecular weight excluding hydrogens is 611 g/mol. The largest absolute Gasteiger partial charge is 0.245 e. The molecule has 9 rings (SSSR count). The van der Waals surface area contributed by atoms with Gasteiger partial charge in [0.15, 0.2) is 17.5 Å². The number of hydrogen-bond acceptors (Lipinski definition) is 5. The minimum absolute atomic E-state index is 0.497. The van der Waals surface area contributed by atoms with Crippen molar-refractivity contribution in [1.29, 1.82) is 0 Å². The van der Waals surface area contributed by atoms with E-state index in [0.717, 1.165) is 66.4 Å². The van der Waals surface area contributed by atoms with Crippen LogP contribution in [0.1, 0.15) is 0 Å². The van der Waals surface area contributed by atoms with Crippen molar-refractivity contribution in [2.24, 2.45) is 0 Å². The zero-order valence-corrected chi connectivity index (χ0v) is 27.0. The molecular formula is C45H29N5. The summed E-state index contributed by atoms with van der Waals surface area (Å²) in [5, 5.41) is 2.03. The molecule has 3 heterocycles. The van der Waals surface area contributed by atoms with Crippen molar-refractivity contribution >= 4 is 21.8 Å². The van der Waals surface area contributed by atoms with E-state index in [1.807, 2.05) is 60.7 Å². The Morgan fingerprint density at radius 1 is 0.280 bits per heavy atom. The highest BCUT2D eigenvalue weighted by Gasteiger charge is 2.18. The Balaban J connectivity index is 1.27. The van der Waals surface area contributed by atoms with Gasteiger partial charge < -0.3 is 0 Å². The second kappa shape index (κ2) is 12.6. The molecule has 5 nitrogen and oxygen atoms in total. The van der Waals surface area contributed by atoms with Gasteiger partial charge in [0, 0.05) is 27.5 Å². The van der Waals surface area contributed by atoms with Crippen molar-refractivity contribution < 1.29 is 0 Å². The lowest BCUT2D eigenvalue weighted by atomic mass is 9.98. The minimum Gasteiger partial charge on any atom is -0.245 e. The summed E-state index contributed by atoms with van der Waals surface area (Å²) in [7, 11) is 0. The van der Waals surface area contributed by atoms with E-state index in [4.69, 9.17) is 24.9 Å². The van der Waals surface area contributed by atoms with E-state index in [0.29, 0.717) is 23.2 Å². The Kier molecular flexibility index (Phi) is 7.41. The van der Waals surface area contributed by atoms with E-state index in [1.54, 1.807) is 0 Å².